The molecule has 0 fully saturated rings. The molecule has 1 aromatic heterocycles. The Morgan fingerprint density at radius 1 is 1.19 bits per heavy atom. The van der Waals surface area contributed by atoms with Gasteiger partial charge >= 0.3 is 7.05 Å². The SMILES string of the molecule is [C-]#[N+]c1ccccc1-c1cn(B(C)O)c2ccc(Br)cc12. The van der Waals surface area contributed by atoms with Crippen LogP contribution in [0.15, 0.2) is 53.1 Å². The van der Waals surface area contributed by atoms with E-state index >= 15 is 0 Å². The van der Waals surface area contributed by atoms with Crippen molar-refractivity contribution < 1.29 is 5.02 Å². The van der Waals surface area contributed by atoms with Crippen LogP contribution in [0.25, 0.3) is 26.9 Å². The fourth-order valence-electron chi connectivity index (χ4n) is 2.55. The molecule has 2 aromatic carbocycles. The number of hydrogen-bond donors (Lipinski definition) is 1. The summed E-state index contributed by atoms with van der Waals surface area (Å²) >= 11 is 3.49. The molecule has 1 heterocycles. The predicted molar refractivity (Wildman–Crippen MR) is 90.6 cm³/mol. The second-order valence-electron chi connectivity index (χ2n) is 4.87. The molecule has 0 saturated heterocycles. The Hall–Kier alpha value is -2.03. The van der Waals surface area contributed by atoms with E-state index in [-0.39, 0.29) is 0 Å². The summed E-state index contributed by atoms with van der Waals surface area (Å²) in [6.07, 6.45) is 1.91. The predicted octanol–water partition coefficient (Wildman–Crippen LogP) is 4.58. The van der Waals surface area contributed by atoms with Crippen molar-refractivity contribution in [2.45, 2.75) is 6.82 Å². The molecule has 5 heteroatoms. The minimum absolute atomic E-state index is 0.613. The van der Waals surface area contributed by atoms with Crippen LogP contribution in [0.5, 0.6) is 0 Å². The Bertz CT molecular complexity index is 864. The molecule has 0 amide bonds. The van der Waals surface area contributed by atoms with Crippen molar-refractivity contribution in [3.05, 3.63) is 64.6 Å². The summed E-state index contributed by atoms with van der Waals surface area (Å²) < 4.78 is 2.79. The third-order valence-corrected chi connectivity index (χ3v) is 4.01. The van der Waals surface area contributed by atoms with Crippen LogP contribution in [0, 0.1) is 6.57 Å². The molecule has 0 spiro atoms. The largest absolute Gasteiger partial charge is 0.432 e. The van der Waals surface area contributed by atoms with Crippen LogP contribution in [-0.2, 0) is 0 Å². The maximum atomic E-state index is 9.97. The number of rotatable bonds is 2. The van der Waals surface area contributed by atoms with E-state index in [9.17, 15) is 5.02 Å². The van der Waals surface area contributed by atoms with Gasteiger partial charge in [-0.2, -0.15) is 0 Å². The van der Waals surface area contributed by atoms with Gasteiger partial charge in [0.15, 0.2) is 5.69 Å². The lowest BCUT2D eigenvalue weighted by molar-refractivity contribution is 0.566. The van der Waals surface area contributed by atoms with E-state index < -0.39 is 7.05 Å². The van der Waals surface area contributed by atoms with Crippen molar-refractivity contribution in [1.82, 2.24) is 4.48 Å². The molecule has 3 aromatic rings. The van der Waals surface area contributed by atoms with Crippen LogP contribution in [-0.4, -0.2) is 16.6 Å². The summed E-state index contributed by atoms with van der Waals surface area (Å²) in [4.78, 5) is 3.60. The molecule has 3 nitrogen and oxygen atoms in total. The summed E-state index contributed by atoms with van der Waals surface area (Å²) in [5.41, 5.74) is 3.40. The minimum Gasteiger partial charge on any atom is -0.432 e. The van der Waals surface area contributed by atoms with Crippen LogP contribution in [0.3, 0.4) is 0 Å². The highest BCUT2D eigenvalue weighted by atomic mass is 79.9. The number of para-hydroxylation sites is 1. The van der Waals surface area contributed by atoms with E-state index in [1.54, 1.807) is 6.82 Å². The van der Waals surface area contributed by atoms with Gasteiger partial charge in [-0.1, -0.05) is 40.2 Å². The Balaban J connectivity index is 2.38. The van der Waals surface area contributed by atoms with Gasteiger partial charge in [0.1, 0.15) is 0 Å². The fraction of sp³-hybridized carbons (Fsp3) is 0.0625. The van der Waals surface area contributed by atoms with Crippen LogP contribution in [0.2, 0.25) is 6.82 Å². The van der Waals surface area contributed by atoms with Crippen LogP contribution < -0.4 is 0 Å². The van der Waals surface area contributed by atoms with Crippen molar-refractivity contribution in [2.24, 2.45) is 0 Å². The molecule has 102 valence electrons. The Morgan fingerprint density at radius 2 is 1.95 bits per heavy atom. The highest BCUT2D eigenvalue weighted by Gasteiger charge is 2.17. The number of aromatic nitrogens is 1. The van der Waals surface area contributed by atoms with E-state index in [0.29, 0.717) is 5.69 Å². The zero-order chi connectivity index (χ0) is 15.0. The fourth-order valence-corrected chi connectivity index (χ4v) is 2.91. The van der Waals surface area contributed by atoms with Gasteiger partial charge in [0.2, 0.25) is 0 Å². The quantitative estimate of drug-likeness (QED) is 0.538. The van der Waals surface area contributed by atoms with Crippen LogP contribution in [0.1, 0.15) is 0 Å². The first-order valence-corrected chi connectivity index (χ1v) is 7.36. The van der Waals surface area contributed by atoms with E-state index in [4.69, 9.17) is 6.57 Å². The molecule has 0 aliphatic heterocycles. The minimum atomic E-state index is -0.623. The molecule has 3 rings (SSSR count). The van der Waals surface area contributed by atoms with Crippen molar-refractivity contribution in [3.63, 3.8) is 0 Å². The average Bonchev–Trinajstić information content (AvgIpc) is 2.85. The van der Waals surface area contributed by atoms with Gasteiger partial charge in [-0.05, 0) is 36.1 Å². The molecule has 0 bridgehead atoms. The zero-order valence-electron chi connectivity index (χ0n) is 11.4. The second-order valence-corrected chi connectivity index (χ2v) is 5.79. The molecular weight excluding hydrogens is 327 g/mol. The van der Waals surface area contributed by atoms with Crippen molar-refractivity contribution in [3.8, 4) is 11.1 Å². The van der Waals surface area contributed by atoms with Gasteiger partial charge in [0, 0.05) is 21.6 Å². The summed E-state index contributed by atoms with van der Waals surface area (Å²) in [7, 11) is -0.623. The molecule has 1 N–H and O–H groups in total. The number of nitrogens with zero attached hydrogens (tertiary/aromatic N) is 2. The van der Waals surface area contributed by atoms with Crippen LogP contribution >= 0.6 is 15.9 Å². The smallest absolute Gasteiger partial charge is 0.413 e. The van der Waals surface area contributed by atoms with E-state index in [1.165, 1.54) is 0 Å². The summed E-state index contributed by atoms with van der Waals surface area (Å²) in [5.74, 6) is 0. The summed E-state index contributed by atoms with van der Waals surface area (Å²) in [6.45, 7) is 9.06. The van der Waals surface area contributed by atoms with Gasteiger partial charge in [-0.15, -0.1) is 0 Å². The van der Waals surface area contributed by atoms with E-state index in [0.717, 1.165) is 26.5 Å². The maximum Gasteiger partial charge on any atom is 0.413 e. The molecule has 0 aliphatic rings. The first-order valence-electron chi connectivity index (χ1n) is 6.57. The van der Waals surface area contributed by atoms with Crippen molar-refractivity contribution in [2.75, 3.05) is 0 Å². The van der Waals surface area contributed by atoms with Gasteiger partial charge in [0.25, 0.3) is 0 Å². The Kier molecular flexibility index (Phi) is 3.58. The summed E-state index contributed by atoms with van der Waals surface area (Å²) in [5, 5.41) is 11.0. The average molecular weight is 339 g/mol. The van der Waals surface area contributed by atoms with Crippen molar-refractivity contribution >= 4 is 39.6 Å². The normalized spacial score (nSPS) is 10.6. The first kappa shape index (κ1) is 13.9. The van der Waals surface area contributed by atoms with Crippen molar-refractivity contribution in [1.29, 1.82) is 0 Å². The monoisotopic (exact) mass is 338 g/mol. The number of benzene rings is 2. The van der Waals surface area contributed by atoms with Gasteiger partial charge in [-0.25, -0.2) is 4.85 Å². The second kappa shape index (κ2) is 5.40. The third-order valence-electron chi connectivity index (χ3n) is 3.51. The molecule has 0 saturated carbocycles. The van der Waals surface area contributed by atoms with Gasteiger partial charge < -0.3 is 9.50 Å². The third kappa shape index (κ3) is 2.37. The molecular formula is C16H12BBrN2O. The van der Waals surface area contributed by atoms with E-state index in [1.807, 2.05) is 53.1 Å². The number of halogens is 1. The highest BCUT2D eigenvalue weighted by Crippen LogP contribution is 2.37. The van der Waals surface area contributed by atoms with Crippen LogP contribution in [0.4, 0.5) is 5.69 Å². The lowest BCUT2D eigenvalue weighted by Crippen LogP contribution is -2.17. The molecule has 0 aliphatic carbocycles. The zero-order valence-corrected chi connectivity index (χ0v) is 13.0. The lowest BCUT2D eigenvalue weighted by atomic mass is 9.88. The number of hydrogen-bond acceptors (Lipinski definition) is 1. The first-order chi connectivity index (χ1) is 10.1. The Morgan fingerprint density at radius 3 is 2.67 bits per heavy atom. The number of fused-ring (bicyclic) bond motifs is 1. The van der Waals surface area contributed by atoms with Gasteiger partial charge in [-0.3, -0.25) is 0 Å². The molecule has 0 radical (unpaired) electrons. The highest BCUT2D eigenvalue weighted by molar-refractivity contribution is 9.10. The lowest BCUT2D eigenvalue weighted by Gasteiger charge is -2.03. The molecule has 21 heavy (non-hydrogen) atoms. The topological polar surface area (TPSA) is 29.5 Å². The molecule has 0 atom stereocenters. The Labute approximate surface area is 131 Å². The standard InChI is InChI=1S/C16H12BBrN2O/c1-17(21)20-10-14(12-5-3-4-6-15(12)19-2)13-9-11(18)7-8-16(13)20/h3-10,21H,1H3. The summed E-state index contributed by atoms with van der Waals surface area (Å²) in [6, 6.07) is 13.5. The molecule has 0 unspecified atom stereocenters. The maximum absolute atomic E-state index is 9.97. The van der Waals surface area contributed by atoms with E-state index in [2.05, 4.69) is 20.8 Å². The van der Waals surface area contributed by atoms with Gasteiger partial charge in [0.05, 0.1) is 6.57 Å².